The number of carbonyl (C=O) groups excluding carboxylic acids is 1. The molecule has 0 atom stereocenters. The molecule has 2 aliphatic heterocycles. The molecule has 0 unspecified atom stereocenters. The molecule has 0 aliphatic carbocycles. The first-order valence-electron chi connectivity index (χ1n) is 9.28. The SMILES string of the molecule is Cc1oc2ccccc2c1CN1CCC(C(=O)N2CCOCC2)CC1. The molecular formula is C20H26N2O3. The standard InChI is InChI=1S/C20H26N2O3/c1-15-18(17-4-2-3-5-19(17)25-15)14-21-8-6-16(7-9-21)20(23)22-10-12-24-13-11-22/h2-5,16H,6-14H2,1H3. The largest absolute Gasteiger partial charge is 0.461 e. The summed E-state index contributed by atoms with van der Waals surface area (Å²) in [6.45, 7) is 7.75. The van der Waals surface area contributed by atoms with Crippen LogP contribution in [0.1, 0.15) is 24.2 Å². The van der Waals surface area contributed by atoms with Crippen molar-refractivity contribution in [3.05, 3.63) is 35.6 Å². The molecule has 0 spiro atoms. The minimum absolute atomic E-state index is 0.177. The molecule has 5 nitrogen and oxygen atoms in total. The Morgan fingerprint density at radius 1 is 1.12 bits per heavy atom. The van der Waals surface area contributed by atoms with Gasteiger partial charge in [-0.2, -0.15) is 0 Å². The molecule has 0 bridgehead atoms. The Hall–Kier alpha value is -1.85. The molecular weight excluding hydrogens is 316 g/mol. The molecule has 1 aromatic carbocycles. The number of piperidine rings is 1. The van der Waals surface area contributed by atoms with E-state index in [1.807, 2.05) is 24.0 Å². The lowest BCUT2D eigenvalue weighted by atomic mass is 9.94. The highest BCUT2D eigenvalue weighted by Gasteiger charge is 2.29. The number of para-hydroxylation sites is 1. The van der Waals surface area contributed by atoms with Gasteiger partial charge in [-0.25, -0.2) is 0 Å². The normalized spacial score (nSPS) is 20.3. The Labute approximate surface area is 148 Å². The highest BCUT2D eigenvalue weighted by molar-refractivity contribution is 5.82. The van der Waals surface area contributed by atoms with E-state index in [1.54, 1.807) is 0 Å². The van der Waals surface area contributed by atoms with E-state index in [4.69, 9.17) is 9.15 Å². The quantitative estimate of drug-likeness (QED) is 0.860. The van der Waals surface area contributed by atoms with Gasteiger partial charge in [0.15, 0.2) is 0 Å². The van der Waals surface area contributed by atoms with Gasteiger partial charge in [-0.15, -0.1) is 0 Å². The summed E-state index contributed by atoms with van der Waals surface area (Å²) >= 11 is 0. The zero-order valence-corrected chi connectivity index (χ0v) is 14.9. The molecule has 0 N–H and O–H groups in total. The zero-order valence-electron chi connectivity index (χ0n) is 14.9. The maximum absolute atomic E-state index is 12.6. The number of aryl methyl sites for hydroxylation is 1. The first-order valence-corrected chi connectivity index (χ1v) is 9.28. The number of carbonyl (C=O) groups is 1. The average Bonchev–Trinajstić information content (AvgIpc) is 2.98. The molecule has 0 radical (unpaired) electrons. The van der Waals surface area contributed by atoms with Crippen molar-refractivity contribution in [2.24, 2.45) is 5.92 Å². The molecule has 2 saturated heterocycles. The van der Waals surface area contributed by atoms with Crippen molar-refractivity contribution in [1.82, 2.24) is 9.80 Å². The van der Waals surface area contributed by atoms with Crippen molar-refractivity contribution in [3.63, 3.8) is 0 Å². The van der Waals surface area contributed by atoms with Crippen LogP contribution in [0.5, 0.6) is 0 Å². The van der Waals surface area contributed by atoms with Crippen LogP contribution in [0.3, 0.4) is 0 Å². The second-order valence-corrected chi connectivity index (χ2v) is 7.12. The van der Waals surface area contributed by atoms with Crippen LogP contribution in [-0.4, -0.2) is 55.1 Å². The fraction of sp³-hybridized carbons (Fsp3) is 0.550. The Morgan fingerprint density at radius 3 is 2.60 bits per heavy atom. The van der Waals surface area contributed by atoms with Crippen LogP contribution >= 0.6 is 0 Å². The maximum atomic E-state index is 12.6. The second-order valence-electron chi connectivity index (χ2n) is 7.12. The van der Waals surface area contributed by atoms with Gasteiger partial charge < -0.3 is 14.1 Å². The maximum Gasteiger partial charge on any atom is 0.225 e. The van der Waals surface area contributed by atoms with Gasteiger partial charge in [-0.1, -0.05) is 18.2 Å². The van der Waals surface area contributed by atoms with E-state index in [0.717, 1.165) is 56.9 Å². The van der Waals surface area contributed by atoms with Crippen LogP contribution in [-0.2, 0) is 16.1 Å². The van der Waals surface area contributed by atoms with Crippen molar-refractivity contribution in [2.45, 2.75) is 26.3 Å². The summed E-state index contributed by atoms with van der Waals surface area (Å²) in [5, 5.41) is 1.21. The predicted molar refractivity (Wildman–Crippen MR) is 96.4 cm³/mol. The smallest absolute Gasteiger partial charge is 0.225 e. The summed E-state index contributed by atoms with van der Waals surface area (Å²) in [5.41, 5.74) is 2.25. The lowest BCUT2D eigenvalue weighted by Gasteiger charge is -2.35. The molecule has 1 aromatic heterocycles. The number of hydrogen-bond acceptors (Lipinski definition) is 4. The van der Waals surface area contributed by atoms with Gasteiger partial charge in [0.25, 0.3) is 0 Å². The third kappa shape index (κ3) is 3.44. The number of hydrogen-bond donors (Lipinski definition) is 0. The second kappa shape index (κ2) is 7.18. The van der Waals surface area contributed by atoms with Crippen molar-refractivity contribution < 1.29 is 13.9 Å². The Bertz CT molecular complexity index is 740. The van der Waals surface area contributed by atoms with Crippen LogP contribution in [0.25, 0.3) is 11.0 Å². The molecule has 2 aliphatic rings. The summed E-state index contributed by atoms with van der Waals surface area (Å²) in [4.78, 5) is 17.1. The van der Waals surface area contributed by atoms with Crippen LogP contribution < -0.4 is 0 Å². The highest BCUT2D eigenvalue weighted by Crippen LogP contribution is 2.28. The number of fused-ring (bicyclic) bond motifs is 1. The minimum atomic E-state index is 0.177. The first kappa shape index (κ1) is 16.6. The van der Waals surface area contributed by atoms with Gasteiger partial charge in [-0.3, -0.25) is 9.69 Å². The summed E-state index contributed by atoms with van der Waals surface area (Å²) in [6.07, 6.45) is 1.90. The number of furan rings is 1. The van der Waals surface area contributed by atoms with Crippen LogP contribution in [0.4, 0.5) is 0 Å². The van der Waals surface area contributed by atoms with Crippen molar-refractivity contribution >= 4 is 16.9 Å². The molecule has 5 heteroatoms. The number of rotatable bonds is 3. The van der Waals surface area contributed by atoms with Gasteiger partial charge in [-0.05, 0) is 38.9 Å². The number of benzene rings is 1. The lowest BCUT2D eigenvalue weighted by molar-refractivity contribution is -0.141. The van der Waals surface area contributed by atoms with Crippen molar-refractivity contribution in [1.29, 1.82) is 0 Å². The Morgan fingerprint density at radius 2 is 1.84 bits per heavy atom. The molecule has 25 heavy (non-hydrogen) atoms. The molecule has 1 amide bonds. The van der Waals surface area contributed by atoms with E-state index in [2.05, 4.69) is 17.0 Å². The first-order chi connectivity index (χ1) is 12.2. The minimum Gasteiger partial charge on any atom is -0.461 e. The molecule has 3 heterocycles. The van der Waals surface area contributed by atoms with E-state index in [9.17, 15) is 4.79 Å². The number of amides is 1. The van der Waals surface area contributed by atoms with Gasteiger partial charge in [0.2, 0.25) is 5.91 Å². The monoisotopic (exact) mass is 342 g/mol. The molecule has 134 valence electrons. The molecule has 4 rings (SSSR count). The van der Waals surface area contributed by atoms with Crippen molar-refractivity contribution in [2.75, 3.05) is 39.4 Å². The number of likely N-dealkylation sites (tertiary alicyclic amines) is 1. The summed E-state index contributed by atoms with van der Waals surface area (Å²) in [5.74, 6) is 1.51. The fourth-order valence-corrected chi connectivity index (χ4v) is 4.02. The summed E-state index contributed by atoms with van der Waals surface area (Å²) in [6, 6.07) is 8.24. The van der Waals surface area contributed by atoms with Gasteiger partial charge >= 0.3 is 0 Å². The van der Waals surface area contributed by atoms with E-state index >= 15 is 0 Å². The zero-order chi connectivity index (χ0) is 17.2. The fourth-order valence-electron chi connectivity index (χ4n) is 4.02. The topological polar surface area (TPSA) is 45.9 Å². The third-order valence-electron chi connectivity index (χ3n) is 5.54. The van der Waals surface area contributed by atoms with Crippen LogP contribution in [0.2, 0.25) is 0 Å². The lowest BCUT2D eigenvalue weighted by Crippen LogP contribution is -2.46. The Balaban J connectivity index is 1.37. The highest BCUT2D eigenvalue weighted by atomic mass is 16.5. The van der Waals surface area contributed by atoms with E-state index < -0.39 is 0 Å². The van der Waals surface area contributed by atoms with Crippen LogP contribution in [0.15, 0.2) is 28.7 Å². The van der Waals surface area contributed by atoms with E-state index in [-0.39, 0.29) is 5.92 Å². The van der Waals surface area contributed by atoms with E-state index in [0.29, 0.717) is 19.1 Å². The number of nitrogens with zero attached hydrogens (tertiary/aromatic N) is 2. The van der Waals surface area contributed by atoms with Gasteiger partial charge in [0.05, 0.1) is 13.2 Å². The van der Waals surface area contributed by atoms with Crippen LogP contribution in [0, 0.1) is 12.8 Å². The van der Waals surface area contributed by atoms with E-state index in [1.165, 1.54) is 10.9 Å². The molecule has 2 fully saturated rings. The Kier molecular flexibility index (Phi) is 4.77. The number of ether oxygens (including phenoxy) is 1. The number of morpholine rings is 1. The van der Waals surface area contributed by atoms with Crippen molar-refractivity contribution in [3.8, 4) is 0 Å². The van der Waals surface area contributed by atoms with Gasteiger partial charge in [0.1, 0.15) is 11.3 Å². The average molecular weight is 342 g/mol. The summed E-state index contributed by atoms with van der Waals surface area (Å²) in [7, 11) is 0. The molecule has 0 saturated carbocycles. The summed E-state index contributed by atoms with van der Waals surface area (Å²) < 4.78 is 11.2. The predicted octanol–water partition coefficient (Wildman–Crippen LogP) is 2.81. The van der Waals surface area contributed by atoms with Gasteiger partial charge in [0, 0.05) is 36.5 Å². The molecule has 2 aromatic rings. The third-order valence-corrected chi connectivity index (χ3v) is 5.54.